The minimum atomic E-state index is -6.04. The van der Waals surface area contributed by atoms with Gasteiger partial charge >= 0.3 is 29.7 Å². The van der Waals surface area contributed by atoms with E-state index in [2.05, 4.69) is 4.74 Å². The van der Waals surface area contributed by atoms with E-state index in [4.69, 9.17) is 0 Å². The fraction of sp³-hybridized carbons (Fsp3) is 0.292. The van der Waals surface area contributed by atoms with Crippen molar-refractivity contribution in [2.24, 2.45) is 7.05 Å². The molecule has 0 atom stereocenters. The summed E-state index contributed by atoms with van der Waals surface area (Å²) in [6, 6.07) is 8.69. The van der Waals surface area contributed by atoms with Crippen LogP contribution >= 0.6 is 0 Å². The number of halogens is 5. The summed E-state index contributed by atoms with van der Waals surface area (Å²) in [6.07, 6.45) is -5.19. The molecule has 0 fully saturated rings. The highest BCUT2D eigenvalue weighted by molar-refractivity contribution is 6.09. The van der Waals surface area contributed by atoms with E-state index in [1.165, 1.54) is 0 Å². The smallest absolute Gasteiger partial charge is 0.456 e. The van der Waals surface area contributed by atoms with Crippen molar-refractivity contribution < 1.29 is 56.2 Å². The largest absolute Gasteiger partial charge is 0.480 e. The lowest BCUT2D eigenvalue weighted by Crippen LogP contribution is -2.60. The molecule has 1 amide bonds. The number of carbonyl (C=O) groups excluding carboxylic acids is 1. The van der Waals surface area contributed by atoms with E-state index in [-0.39, 0.29) is 6.42 Å². The first-order valence-electron chi connectivity index (χ1n) is 11.2. The van der Waals surface area contributed by atoms with E-state index >= 15 is 0 Å². The topological polar surface area (TPSA) is 161 Å². The fourth-order valence-corrected chi connectivity index (χ4v) is 3.86. The van der Waals surface area contributed by atoms with Gasteiger partial charge in [0.2, 0.25) is 5.54 Å². The number of hydrogen-bond donors (Lipinski definition) is 3. The molecule has 0 unspecified atom stereocenters. The first kappa shape index (κ1) is 29.8. The number of rotatable bonds is 11. The van der Waals surface area contributed by atoms with Crippen LogP contribution < -0.4 is 10.1 Å². The van der Waals surface area contributed by atoms with Gasteiger partial charge < -0.3 is 24.8 Å². The number of aromatic nitrogens is 1. The quantitative estimate of drug-likeness (QED) is 0.135. The van der Waals surface area contributed by atoms with Crippen LogP contribution in [0.25, 0.3) is 10.9 Å². The summed E-state index contributed by atoms with van der Waals surface area (Å²) in [5.74, 6) is -11.9. The van der Waals surface area contributed by atoms with Crippen LogP contribution in [-0.2, 0) is 23.1 Å². The number of ether oxygens (including phenoxy) is 1. The van der Waals surface area contributed by atoms with Gasteiger partial charge in [-0.15, -0.1) is 0 Å². The molecule has 1 aromatic heterocycles. The molecule has 40 heavy (non-hydrogen) atoms. The first-order chi connectivity index (χ1) is 18.5. The number of carboxylic acids is 2. The van der Waals surface area contributed by atoms with E-state index in [9.17, 15) is 56.7 Å². The zero-order valence-electron chi connectivity index (χ0n) is 20.4. The number of nitrogens with one attached hydrogen (secondary N) is 1. The van der Waals surface area contributed by atoms with Crippen LogP contribution in [0.4, 0.5) is 27.6 Å². The summed E-state index contributed by atoms with van der Waals surface area (Å²) < 4.78 is 70.1. The molecule has 0 radical (unpaired) electrons. The van der Waals surface area contributed by atoms with Crippen molar-refractivity contribution in [3.05, 3.63) is 69.9 Å². The number of nitro benzene ring substituents is 1. The van der Waals surface area contributed by atoms with Gasteiger partial charge in [0.1, 0.15) is 0 Å². The van der Waals surface area contributed by atoms with Crippen molar-refractivity contribution in [3.63, 3.8) is 0 Å². The van der Waals surface area contributed by atoms with Crippen molar-refractivity contribution >= 4 is 34.4 Å². The van der Waals surface area contributed by atoms with E-state index in [0.29, 0.717) is 23.1 Å². The molecule has 0 bridgehead atoms. The number of alkyl halides is 5. The highest BCUT2D eigenvalue weighted by Crippen LogP contribution is 2.37. The predicted octanol–water partition coefficient (Wildman–Crippen LogP) is 3.93. The SMILES string of the molecule is Cn1cc(CCC(NC(=O)c2ccc([N+](=O)[O-])c(OCC(F)(F)C(F)(F)F)c2)(C(=O)O)C(=O)O)c2ccccc21. The lowest BCUT2D eigenvalue weighted by molar-refractivity contribution is -0.386. The number of fused-ring (bicyclic) bond motifs is 1. The van der Waals surface area contributed by atoms with Gasteiger partial charge in [0.15, 0.2) is 12.4 Å². The molecule has 0 spiro atoms. The molecule has 16 heteroatoms. The lowest BCUT2D eigenvalue weighted by Gasteiger charge is -2.26. The van der Waals surface area contributed by atoms with Crippen LogP contribution in [0.3, 0.4) is 0 Å². The Morgan fingerprint density at radius 1 is 1.05 bits per heavy atom. The molecule has 0 aliphatic carbocycles. The normalized spacial score (nSPS) is 12.2. The van der Waals surface area contributed by atoms with E-state index < -0.39 is 70.4 Å². The van der Waals surface area contributed by atoms with Gasteiger partial charge in [-0.2, -0.15) is 22.0 Å². The zero-order chi connectivity index (χ0) is 30.0. The Morgan fingerprint density at radius 3 is 2.25 bits per heavy atom. The second-order valence-corrected chi connectivity index (χ2v) is 8.68. The van der Waals surface area contributed by atoms with Gasteiger partial charge in [0.05, 0.1) is 4.92 Å². The Balaban J connectivity index is 1.92. The molecule has 0 saturated heterocycles. The molecular weight excluding hydrogens is 553 g/mol. The molecule has 2 aromatic carbocycles. The molecular formula is C24H20F5N3O8. The van der Waals surface area contributed by atoms with Crippen LogP contribution in [0.2, 0.25) is 0 Å². The molecule has 0 aliphatic heterocycles. The maximum absolute atomic E-state index is 13.3. The van der Waals surface area contributed by atoms with Gasteiger partial charge in [-0.1, -0.05) is 18.2 Å². The van der Waals surface area contributed by atoms with Crippen molar-refractivity contribution in [2.45, 2.75) is 30.5 Å². The Bertz CT molecular complexity index is 1470. The molecule has 3 aromatic rings. The van der Waals surface area contributed by atoms with Crippen LogP contribution in [0.1, 0.15) is 22.3 Å². The van der Waals surface area contributed by atoms with Crippen molar-refractivity contribution in [3.8, 4) is 5.75 Å². The highest BCUT2D eigenvalue weighted by atomic mass is 19.4. The summed E-state index contributed by atoms with van der Waals surface area (Å²) >= 11 is 0. The molecule has 214 valence electrons. The standard InChI is InChI=1S/C24H20F5N3O8/c1-31-11-14(15-4-2-3-5-16(15)31)8-9-22(20(34)35,21(36)37)30-19(33)13-6-7-17(32(38)39)18(10-13)40-12-23(25,26)24(27,28)29/h2-7,10-11H,8-9,12H2,1H3,(H,30,33)(H,34,35)(H,36,37). The maximum Gasteiger partial charge on any atom is 0.456 e. The zero-order valence-corrected chi connectivity index (χ0v) is 20.4. The number of amides is 1. The highest BCUT2D eigenvalue weighted by Gasteiger charge is 2.58. The monoisotopic (exact) mass is 573 g/mol. The first-order valence-corrected chi connectivity index (χ1v) is 11.2. The van der Waals surface area contributed by atoms with Crippen LogP contribution in [0.5, 0.6) is 5.75 Å². The Labute approximate surface area is 220 Å². The van der Waals surface area contributed by atoms with Crippen LogP contribution in [0, 0.1) is 10.1 Å². The summed E-state index contributed by atoms with van der Waals surface area (Å²) in [5, 5.41) is 33.4. The number of hydrogen-bond acceptors (Lipinski definition) is 6. The van der Waals surface area contributed by atoms with Crippen molar-refractivity contribution in [1.29, 1.82) is 0 Å². The van der Waals surface area contributed by atoms with Crippen LogP contribution in [0.15, 0.2) is 48.7 Å². The van der Waals surface area contributed by atoms with Crippen molar-refractivity contribution in [2.75, 3.05) is 6.61 Å². The molecule has 1 heterocycles. The average Bonchev–Trinajstić information content (AvgIpc) is 3.19. The predicted molar refractivity (Wildman–Crippen MR) is 126 cm³/mol. The summed E-state index contributed by atoms with van der Waals surface area (Å²) in [6.45, 7) is -2.36. The minimum Gasteiger partial charge on any atom is -0.480 e. The second-order valence-electron chi connectivity index (χ2n) is 8.68. The number of aryl methyl sites for hydroxylation is 2. The van der Waals surface area contributed by atoms with E-state index in [0.717, 1.165) is 11.6 Å². The number of carboxylic acid groups (broad SMARTS) is 2. The van der Waals surface area contributed by atoms with Gasteiger partial charge in [-0.05, 0) is 30.5 Å². The summed E-state index contributed by atoms with van der Waals surface area (Å²) in [7, 11) is 1.72. The number of nitrogens with zero attached hydrogens (tertiary/aromatic N) is 2. The van der Waals surface area contributed by atoms with Crippen LogP contribution in [-0.4, -0.2) is 61.8 Å². The van der Waals surface area contributed by atoms with Crippen molar-refractivity contribution in [1.82, 2.24) is 9.88 Å². The average molecular weight is 573 g/mol. The molecule has 3 rings (SSSR count). The van der Waals surface area contributed by atoms with E-state index in [1.54, 1.807) is 42.1 Å². The number of para-hydroxylation sites is 1. The Kier molecular flexibility index (Phi) is 8.03. The maximum atomic E-state index is 13.3. The lowest BCUT2D eigenvalue weighted by atomic mass is 9.90. The van der Waals surface area contributed by atoms with Gasteiger partial charge in [0.25, 0.3) is 5.91 Å². The Morgan fingerprint density at radius 2 is 1.68 bits per heavy atom. The summed E-state index contributed by atoms with van der Waals surface area (Å²) in [4.78, 5) is 47.2. The third-order valence-electron chi connectivity index (χ3n) is 6.05. The third-order valence-corrected chi connectivity index (χ3v) is 6.05. The molecule has 0 saturated carbocycles. The number of carbonyl (C=O) groups is 3. The number of aliphatic carboxylic acids is 2. The third kappa shape index (κ3) is 5.79. The van der Waals surface area contributed by atoms with Gasteiger partial charge in [0, 0.05) is 41.8 Å². The van der Waals surface area contributed by atoms with E-state index in [1.807, 2.05) is 5.32 Å². The summed E-state index contributed by atoms with van der Waals surface area (Å²) in [5.41, 5.74) is -3.36. The second kappa shape index (κ2) is 10.8. The number of nitro groups is 1. The minimum absolute atomic E-state index is 0.138. The van der Waals surface area contributed by atoms with Gasteiger partial charge in [-0.3, -0.25) is 14.9 Å². The van der Waals surface area contributed by atoms with Gasteiger partial charge in [-0.25, -0.2) is 9.59 Å². The number of benzene rings is 2. The molecule has 11 nitrogen and oxygen atoms in total. The molecule has 0 aliphatic rings. The Hall–Kier alpha value is -4.76. The fourth-order valence-electron chi connectivity index (χ4n) is 3.86. The molecule has 3 N–H and O–H groups in total.